The molecule has 0 atom stereocenters. The highest BCUT2D eigenvalue weighted by atomic mass is 32.1. The van der Waals surface area contributed by atoms with E-state index in [4.69, 9.17) is 4.63 Å². The van der Waals surface area contributed by atoms with Crippen molar-refractivity contribution in [3.63, 3.8) is 0 Å². The molecule has 9 nitrogen and oxygen atoms in total. The number of piperidine rings is 1. The number of anilines is 1. The molecule has 0 aliphatic carbocycles. The van der Waals surface area contributed by atoms with Gasteiger partial charge in [-0.3, -0.25) is 14.6 Å². The number of nitrogens with zero attached hydrogens (tertiary/aromatic N) is 5. The van der Waals surface area contributed by atoms with E-state index in [2.05, 4.69) is 25.6 Å². The molecule has 3 aromatic heterocycles. The van der Waals surface area contributed by atoms with E-state index in [1.165, 1.54) is 11.3 Å². The molecule has 1 fully saturated rings. The van der Waals surface area contributed by atoms with Crippen molar-refractivity contribution < 1.29 is 14.2 Å². The summed E-state index contributed by atoms with van der Waals surface area (Å²) in [5.41, 5.74) is 2.80. The number of likely N-dealkylation sites (tertiary alicyclic amines) is 1. The lowest BCUT2D eigenvalue weighted by Crippen LogP contribution is -2.37. The second kappa shape index (κ2) is 8.23. The van der Waals surface area contributed by atoms with E-state index >= 15 is 0 Å². The monoisotopic (exact) mass is 434 g/mol. The number of nitrogens with one attached hydrogen (secondary N) is 1. The third-order valence-corrected chi connectivity index (χ3v) is 6.31. The molecule has 10 heteroatoms. The van der Waals surface area contributed by atoms with Crippen LogP contribution in [-0.2, 0) is 0 Å². The van der Waals surface area contributed by atoms with Gasteiger partial charge in [0.15, 0.2) is 0 Å². The number of carbonyl (C=O) groups excluding carboxylic acids is 2. The van der Waals surface area contributed by atoms with Crippen LogP contribution in [0.15, 0.2) is 52.7 Å². The molecule has 1 saturated heterocycles. The molecule has 0 bridgehead atoms. The van der Waals surface area contributed by atoms with Crippen LogP contribution in [0.2, 0.25) is 0 Å². The Morgan fingerprint density at radius 1 is 1.13 bits per heavy atom. The van der Waals surface area contributed by atoms with Crippen molar-refractivity contribution in [2.24, 2.45) is 0 Å². The average molecular weight is 434 g/mol. The second-order valence-corrected chi connectivity index (χ2v) is 8.19. The lowest BCUT2D eigenvalue weighted by molar-refractivity contribution is 0.0713. The highest BCUT2D eigenvalue weighted by Crippen LogP contribution is 2.31. The third kappa shape index (κ3) is 4.02. The van der Waals surface area contributed by atoms with Gasteiger partial charge < -0.3 is 10.2 Å². The summed E-state index contributed by atoms with van der Waals surface area (Å²) in [6.07, 6.45) is 4.85. The van der Waals surface area contributed by atoms with Crippen LogP contribution in [0, 0.1) is 0 Å². The Labute approximate surface area is 181 Å². The van der Waals surface area contributed by atoms with Crippen LogP contribution in [0.1, 0.15) is 44.6 Å². The summed E-state index contributed by atoms with van der Waals surface area (Å²) in [5.74, 6) is -0.0453. The Kier molecular flexibility index (Phi) is 5.13. The number of rotatable bonds is 4. The number of amides is 2. The van der Waals surface area contributed by atoms with Gasteiger partial charge in [-0.15, -0.1) is 11.3 Å². The molecule has 0 unspecified atom stereocenters. The van der Waals surface area contributed by atoms with E-state index in [9.17, 15) is 9.59 Å². The fourth-order valence-electron chi connectivity index (χ4n) is 3.64. The van der Waals surface area contributed by atoms with Gasteiger partial charge in [-0.05, 0) is 53.5 Å². The van der Waals surface area contributed by atoms with E-state index < -0.39 is 0 Å². The Morgan fingerprint density at radius 2 is 1.97 bits per heavy atom. The van der Waals surface area contributed by atoms with Gasteiger partial charge in [0.05, 0.1) is 16.9 Å². The van der Waals surface area contributed by atoms with Crippen LogP contribution in [-0.4, -0.2) is 50.1 Å². The largest absolute Gasteiger partial charge is 0.339 e. The zero-order chi connectivity index (χ0) is 21.2. The minimum absolute atomic E-state index is 0.0287. The zero-order valence-corrected chi connectivity index (χ0v) is 17.2. The summed E-state index contributed by atoms with van der Waals surface area (Å²) in [6.45, 7) is 1.27. The first-order valence-corrected chi connectivity index (χ1v) is 10.7. The maximum atomic E-state index is 12.9. The molecule has 1 aromatic carbocycles. The van der Waals surface area contributed by atoms with Crippen LogP contribution in [0.3, 0.4) is 0 Å². The highest BCUT2D eigenvalue weighted by molar-refractivity contribution is 7.10. The number of benzene rings is 1. The Hall–Kier alpha value is -3.66. The van der Waals surface area contributed by atoms with Gasteiger partial charge in [-0.25, -0.2) is 9.61 Å². The lowest BCUT2D eigenvalue weighted by Gasteiger charge is -2.31. The summed E-state index contributed by atoms with van der Waals surface area (Å²) >= 11 is 1.49. The van der Waals surface area contributed by atoms with Gasteiger partial charge in [0, 0.05) is 36.1 Å². The minimum atomic E-state index is -0.249. The predicted molar refractivity (Wildman–Crippen MR) is 114 cm³/mol. The van der Waals surface area contributed by atoms with Gasteiger partial charge >= 0.3 is 0 Å². The molecule has 0 saturated carbocycles. The van der Waals surface area contributed by atoms with E-state index in [-0.39, 0.29) is 17.7 Å². The standard InChI is InChI=1S/C21H18N6O3S/c28-19(23-15-2-1-7-22-11-15)18-12-31-20(24-18)13-5-8-27(9-6-13)21(29)14-3-4-16-17(10-14)26-30-25-16/h1-4,7,10-13H,5-6,8-9H2,(H,23,28). The average Bonchev–Trinajstić information content (AvgIpc) is 3.49. The van der Waals surface area contributed by atoms with E-state index in [1.807, 2.05) is 4.90 Å². The predicted octanol–water partition coefficient (Wildman–Crippen LogP) is 3.35. The summed E-state index contributed by atoms with van der Waals surface area (Å²) in [5, 5.41) is 13.1. The Bertz CT molecular complexity index is 1230. The molecule has 4 aromatic rings. The topological polar surface area (TPSA) is 114 Å². The fourth-order valence-corrected chi connectivity index (χ4v) is 4.61. The Balaban J connectivity index is 1.20. The molecule has 1 aliphatic heterocycles. The van der Waals surface area contributed by atoms with E-state index in [1.54, 1.807) is 48.1 Å². The number of fused-ring (bicyclic) bond motifs is 1. The SMILES string of the molecule is O=C(Nc1cccnc1)c1csc(C2CCN(C(=O)c3ccc4nonc4c3)CC2)n1. The van der Waals surface area contributed by atoms with Gasteiger partial charge in [-0.1, -0.05) is 0 Å². The quantitative estimate of drug-likeness (QED) is 0.524. The van der Waals surface area contributed by atoms with Crippen molar-refractivity contribution in [3.8, 4) is 0 Å². The molecule has 2 amide bonds. The van der Waals surface area contributed by atoms with Crippen molar-refractivity contribution >= 4 is 39.9 Å². The molecule has 1 aliphatic rings. The van der Waals surface area contributed by atoms with E-state index in [0.717, 1.165) is 17.8 Å². The molecule has 0 spiro atoms. The van der Waals surface area contributed by atoms with Crippen molar-refractivity contribution in [2.75, 3.05) is 18.4 Å². The van der Waals surface area contributed by atoms with Gasteiger partial charge in [-0.2, -0.15) is 0 Å². The number of aromatic nitrogens is 4. The van der Waals surface area contributed by atoms with Crippen LogP contribution >= 0.6 is 11.3 Å². The first kappa shape index (κ1) is 19.3. The molecular formula is C21H18N6O3S. The maximum absolute atomic E-state index is 12.9. The fraction of sp³-hybridized carbons (Fsp3) is 0.238. The smallest absolute Gasteiger partial charge is 0.275 e. The van der Waals surface area contributed by atoms with Crippen molar-refractivity contribution in [1.29, 1.82) is 0 Å². The summed E-state index contributed by atoms with van der Waals surface area (Å²) in [6, 6.07) is 8.72. The van der Waals surface area contributed by atoms with Gasteiger partial charge in [0.25, 0.3) is 11.8 Å². The normalized spacial score (nSPS) is 14.6. The molecule has 4 heterocycles. The van der Waals surface area contributed by atoms with Crippen molar-refractivity contribution in [1.82, 2.24) is 25.2 Å². The molecule has 31 heavy (non-hydrogen) atoms. The van der Waals surface area contributed by atoms with Crippen molar-refractivity contribution in [2.45, 2.75) is 18.8 Å². The van der Waals surface area contributed by atoms with Crippen LogP contribution in [0.25, 0.3) is 11.0 Å². The number of hydrogen-bond acceptors (Lipinski definition) is 8. The zero-order valence-electron chi connectivity index (χ0n) is 16.4. The van der Waals surface area contributed by atoms with Crippen LogP contribution in [0.5, 0.6) is 0 Å². The highest BCUT2D eigenvalue weighted by Gasteiger charge is 2.27. The van der Waals surface area contributed by atoms with Crippen molar-refractivity contribution in [3.05, 3.63) is 64.4 Å². The van der Waals surface area contributed by atoms with E-state index in [0.29, 0.717) is 41.1 Å². The molecule has 5 rings (SSSR count). The number of thiazole rings is 1. The number of hydrogen-bond donors (Lipinski definition) is 1. The third-order valence-electron chi connectivity index (χ3n) is 5.31. The maximum Gasteiger partial charge on any atom is 0.275 e. The lowest BCUT2D eigenvalue weighted by atomic mass is 9.97. The Morgan fingerprint density at radius 3 is 2.77 bits per heavy atom. The number of pyridine rings is 1. The molecule has 1 N–H and O–H groups in total. The number of carbonyl (C=O) groups is 2. The van der Waals surface area contributed by atoms with Crippen LogP contribution in [0.4, 0.5) is 5.69 Å². The molecular weight excluding hydrogens is 416 g/mol. The summed E-state index contributed by atoms with van der Waals surface area (Å²) in [7, 11) is 0. The molecule has 156 valence electrons. The van der Waals surface area contributed by atoms with Crippen LogP contribution < -0.4 is 5.32 Å². The first-order chi connectivity index (χ1) is 15.2. The summed E-state index contributed by atoms with van der Waals surface area (Å²) in [4.78, 5) is 35.6. The summed E-state index contributed by atoms with van der Waals surface area (Å²) < 4.78 is 4.70. The first-order valence-electron chi connectivity index (χ1n) is 9.86. The molecule has 0 radical (unpaired) electrons. The van der Waals surface area contributed by atoms with Gasteiger partial charge in [0.1, 0.15) is 16.7 Å². The van der Waals surface area contributed by atoms with Gasteiger partial charge in [0.2, 0.25) is 0 Å². The minimum Gasteiger partial charge on any atom is -0.339 e. The second-order valence-electron chi connectivity index (χ2n) is 7.30.